The number of aromatic nitrogens is 1. The first-order valence-corrected chi connectivity index (χ1v) is 7.94. The number of nitriles is 2. The van der Waals surface area contributed by atoms with Gasteiger partial charge in [-0.1, -0.05) is 6.07 Å². The van der Waals surface area contributed by atoms with E-state index in [1.165, 1.54) is 0 Å². The lowest BCUT2D eigenvalue weighted by Crippen LogP contribution is -2.36. The predicted octanol–water partition coefficient (Wildman–Crippen LogP) is 1.67. The van der Waals surface area contributed by atoms with Crippen LogP contribution in [0, 0.1) is 28.6 Å². The average molecular weight is 311 g/mol. The third-order valence-corrected chi connectivity index (χ3v) is 4.03. The van der Waals surface area contributed by atoms with Gasteiger partial charge in [0.05, 0.1) is 18.1 Å². The lowest BCUT2D eigenvalue weighted by Gasteiger charge is -2.23. The van der Waals surface area contributed by atoms with Gasteiger partial charge in [0.1, 0.15) is 5.69 Å². The summed E-state index contributed by atoms with van der Waals surface area (Å²) in [5.41, 5.74) is 0.477. The smallest absolute Gasteiger partial charge is 0.272 e. The first-order chi connectivity index (χ1) is 11.2. The van der Waals surface area contributed by atoms with Crippen LogP contribution in [0.4, 0.5) is 0 Å². The molecule has 1 fully saturated rings. The minimum Gasteiger partial charge on any atom is -0.336 e. The molecule has 1 aliphatic rings. The summed E-state index contributed by atoms with van der Waals surface area (Å²) in [6.45, 7) is 3.65. The maximum Gasteiger partial charge on any atom is 0.272 e. The largest absolute Gasteiger partial charge is 0.336 e. The molecule has 0 unspecified atom stereocenters. The van der Waals surface area contributed by atoms with Crippen LogP contribution in [0.15, 0.2) is 24.4 Å². The number of hydrogen-bond donors (Lipinski definition) is 0. The quantitative estimate of drug-likeness (QED) is 0.826. The van der Waals surface area contributed by atoms with Crippen LogP contribution in [-0.4, -0.2) is 53.4 Å². The Labute approximate surface area is 136 Å². The molecule has 120 valence electrons. The zero-order valence-electron chi connectivity index (χ0n) is 13.2. The Morgan fingerprint density at radius 2 is 2.13 bits per heavy atom. The van der Waals surface area contributed by atoms with E-state index >= 15 is 0 Å². The molecule has 2 rings (SSSR count). The van der Waals surface area contributed by atoms with Gasteiger partial charge in [-0.2, -0.15) is 10.5 Å². The number of pyridine rings is 1. The van der Waals surface area contributed by atoms with E-state index in [4.69, 9.17) is 5.26 Å². The van der Waals surface area contributed by atoms with Crippen molar-refractivity contribution in [1.29, 1.82) is 10.5 Å². The number of hydrogen-bond acceptors (Lipinski definition) is 5. The molecule has 1 saturated heterocycles. The SMILES string of the molecule is N#CCC[C@@H](C#N)CN1CCCN(C(=O)c2ccccn2)CC1. The minimum absolute atomic E-state index is 0.0336. The fourth-order valence-corrected chi connectivity index (χ4v) is 2.75. The molecular formula is C17H21N5O. The van der Waals surface area contributed by atoms with Crippen molar-refractivity contribution in [3.63, 3.8) is 0 Å². The van der Waals surface area contributed by atoms with Crippen molar-refractivity contribution in [1.82, 2.24) is 14.8 Å². The lowest BCUT2D eigenvalue weighted by molar-refractivity contribution is 0.0755. The van der Waals surface area contributed by atoms with Gasteiger partial charge in [0.2, 0.25) is 0 Å². The summed E-state index contributed by atoms with van der Waals surface area (Å²) >= 11 is 0. The molecule has 2 heterocycles. The van der Waals surface area contributed by atoms with E-state index in [0.29, 0.717) is 38.2 Å². The number of amides is 1. The first kappa shape index (κ1) is 16.9. The van der Waals surface area contributed by atoms with Crippen LogP contribution in [0.3, 0.4) is 0 Å². The van der Waals surface area contributed by atoms with Gasteiger partial charge in [0.15, 0.2) is 0 Å². The Balaban J connectivity index is 1.88. The van der Waals surface area contributed by atoms with Gasteiger partial charge in [-0.05, 0) is 31.5 Å². The van der Waals surface area contributed by atoms with Crippen LogP contribution in [0.2, 0.25) is 0 Å². The molecule has 0 spiro atoms. The van der Waals surface area contributed by atoms with Crippen molar-refractivity contribution in [2.45, 2.75) is 19.3 Å². The van der Waals surface area contributed by atoms with Gasteiger partial charge in [-0.3, -0.25) is 9.78 Å². The standard InChI is InChI=1S/C17H21N5O/c18-7-3-5-15(13-19)14-21-9-4-10-22(12-11-21)17(23)16-6-1-2-8-20-16/h1-2,6,8,15H,3-5,9-12,14H2/t15-/m0/s1. The first-order valence-electron chi connectivity index (χ1n) is 7.94. The second-order valence-electron chi connectivity index (χ2n) is 5.68. The van der Waals surface area contributed by atoms with E-state index in [1.807, 2.05) is 11.0 Å². The zero-order chi connectivity index (χ0) is 16.5. The van der Waals surface area contributed by atoms with Crippen LogP contribution >= 0.6 is 0 Å². The normalized spacial score (nSPS) is 16.9. The molecule has 23 heavy (non-hydrogen) atoms. The van der Waals surface area contributed by atoms with Gasteiger partial charge >= 0.3 is 0 Å². The van der Waals surface area contributed by atoms with E-state index in [0.717, 1.165) is 19.5 Å². The molecule has 0 N–H and O–H groups in total. The summed E-state index contributed by atoms with van der Waals surface area (Å²) in [5.74, 6) is -0.151. The van der Waals surface area contributed by atoms with Gasteiger partial charge in [-0.15, -0.1) is 0 Å². The molecular weight excluding hydrogens is 290 g/mol. The number of carbonyl (C=O) groups excluding carboxylic acids is 1. The van der Waals surface area contributed by atoms with E-state index in [1.54, 1.807) is 18.3 Å². The Morgan fingerprint density at radius 1 is 1.26 bits per heavy atom. The van der Waals surface area contributed by atoms with Crippen molar-refractivity contribution >= 4 is 5.91 Å². The zero-order valence-corrected chi connectivity index (χ0v) is 13.2. The molecule has 0 aliphatic carbocycles. The summed E-state index contributed by atoms with van der Waals surface area (Å²) in [6, 6.07) is 9.72. The van der Waals surface area contributed by atoms with Crippen molar-refractivity contribution in [3.05, 3.63) is 30.1 Å². The van der Waals surface area contributed by atoms with E-state index < -0.39 is 0 Å². The van der Waals surface area contributed by atoms with Gasteiger partial charge in [0.25, 0.3) is 5.91 Å². The molecule has 6 nitrogen and oxygen atoms in total. The van der Waals surface area contributed by atoms with Crippen LogP contribution in [0.5, 0.6) is 0 Å². The average Bonchev–Trinajstić information content (AvgIpc) is 2.84. The highest BCUT2D eigenvalue weighted by Gasteiger charge is 2.22. The monoisotopic (exact) mass is 311 g/mol. The molecule has 1 atom stereocenters. The number of rotatable bonds is 5. The summed E-state index contributed by atoms with van der Waals surface area (Å²) < 4.78 is 0. The molecule has 0 bridgehead atoms. The van der Waals surface area contributed by atoms with Gasteiger partial charge < -0.3 is 9.80 Å². The Bertz CT molecular complexity index is 589. The molecule has 0 radical (unpaired) electrons. The van der Waals surface area contributed by atoms with E-state index in [2.05, 4.69) is 22.0 Å². The van der Waals surface area contributed by atoms with E-state index in [-0.39, 0.29) is 11.8 Å². The summed E-state index contributed by atoms with van der Waals surface area (Å²) in [5, 5.41) is 17.8. The molecule has 1 aromatic rings. The van der Waals surface area contributed by atoms with Crippen LogP contribution in [0.1, 0.15) is 29.8 Å². The van der Waals surface area contributed by atoms with Gasteiger partial charge in [0, 0.05) is 38.8 Å². The van der Waals surface area contributed by atoms with Crippen molar-refractivity contribution in [2.24, 2.45) is 5.92 Å². The lowest BCUT2D eigenvalue weighted by atomic mass is 10.0. The fraction of sp³-hybridized carbons (Fsp3) is 0.529. The molecule has 0 aromatic carbocycles. The summed E-state index contributed by atoms with van der Waals surface area (Å²) in [6.07, 6.45) is 3.54. The number of carbonyl (C=O) groups is 1. The van der Waals surface area contributed by atoms with Crippen LogP contribution in [-0.2, 0) is 0 Å². The summed E-state index contributed by atoms with van der Waals surface area (Å²) in [4.78, 5) is 20.6. The third kappa shape index (κ3) is 5.05. The Kier molecular flexibility index (Phi) is 6.53. The predicted molar refractivity (Wildman–Crippen MR) is 85.1 cm³/mol. The summed E-state index contributed by atoms with van der Waals surface area (Å²) in [7, 11) is 0. The minimum atomic E-state index is -0.118. The highest BCUT2D eigenvalue weighted by atomic mass is 16.2. The second-order valence-corrected chi connectivity index (χ2v) is 5.68. The Hall–Kier alpha value is -2.44. The number of nitrogens with zero attached hydrogens (tertiary/aromatic N) is 5. The second kappa shape index (κ2) is 8.87. The highest BCUT2D eigenvalue weighted by molar-refractivity contribution is 5.92. The van der Waals surface area contributed by atoms with Crippen LogP contribution < -0.4 is 0 Å². The molecule has 0 saturated carbocycles. The Morgan fingerprint density at radius 3 is 2.83 bits per heavy atom. The molecule has 6 heteroatoms. The maximum atomic E-state index is 12.4. The van der Waals surface area contributed by atoms with Crippen molar-refractivity contribution < 1.29 is 4.79 Å². The fourth-order valence-electron chi connectivity index (χ4n) is 2.75. The van der Waals surface area contributed by atoms with Crippen molar-refractivity contribution in [3.8, 4) is 12.1 Å². The topological polar surface area (TPSA) is 84.0 Å². The van der Waals surface area contributed by atoms with Crippen LogP contribution in [0.25, 0.3) is 0 Å². The molecule has 1 aromatic heterocycles. The van der Waals surface area contributed by atoms with Gasteiger partial charge in [-0.25, -0.2) is 0 Å². The highest BCUT2D eigenvalue weighted by Crippen LogP contribution is 2.12. The van der Waals surface area contributed by atoms with Crippen molar-refractivity contribution in [2.75, 3.05) is 32.7 Å². The maximum absolute atomic E-state index is 12.4. The molecule has 1 aliphatic heterocycles. The third-order valence-electron chi connectivity index (χ3n) is 4.03. The van der Waals surface area contributed by atoms with E-state index in [9.17, 15) is 10.1 Å². The molecule has 1 amide bonds.